The number of amides is 1. The molecule has 1 amide bonds. The monoisotopic (exact) mass is 313 g/mol. The Morgan fingerprint density at radius 1 is 1.05 bits per heavy atom. The fourth-order valence-electron chi connectivity index (χ4n) is 3.24. The molecule has 1 fully saturated rings. The van der Waals surface area contributed by atoms with Crippen LogP contribution in [0.4, 0.5) is 17.6 Å². The minimum atomic E-state index is -4.67. The van der Waals surface area contributed by atoms with Crippen LogP contribution in [0.3, 0.4) is 0 Å². The summed E-state index contributed by atoms with van der Waals surface area (Å²) in [6.07, 6.45) is 1.23. The first-order valence-corrected chi connectivity index (χ1v) is 7.16. The van der Waals surface area contributed by atoms with Crippen LogP contribution in [0.2, 0.25) is 0 Å². The van der Waals surface area contributed by atoms with E-state index in [2.05, 4.69) is 12.2 Å². The summed E-state index contributed by atoms with van der Waals surface area (Å²) in [5, 5.41) is 0. The summed E-state index contributed by atoms with van der Waals surface area (Å²) in [5.74, 6) is -0.870. The van der Waals surface area contributed by atoms with Gasteiger partial charge in [-0.25, -0.2) is 4.39 Å². The van der Waals surface area contributed by atoms with Crippen molar-refractivity contribution >= 4 is 5.91 Å². The van der Waals surface area contributed by atoms with Crippen molar-refractivity contribution in [3.63, 3.8) is 0 Å². The van der Waals surface area contributed by atoms with Crippen LogP contribution in [-0.2, 0) is 6.18 Å². The van der Waals surface area contributed by atoms with E-state index >= 15 is 0 Å². The molecular formula is C16H15F4NO. The number of hydrogen-bond acceptors (Lipinski definition) is 1. The molecule has 6 heteroatoms. The average molecular weight is 313 g/mol. The third kappa shape index (κ3) is 2.87. The number of rotatable bonds is 1. The molecule has 0 spiro atoms. The number of fused-ring (bicyclic) bond motifs is 1. The molecule has 3 rings (SSSR count). The highest BCUT2D eigenvalue weighted by molar-refractivity contribution is 5.94. The molecule has 22 heavy (non-hydrogen) atoms. The van der Waals surface area contributed by atoms with Gasteiger partial charge in [-0.3, -0.25) is 4.79 Å². The first-order chi connectivity index (χ1) is 10.3. The van der Waals surface area contributed by atoms with Crippen LogP contribution < -0.4 is 0 Å². The predicted molar refractivity (Wildman–Crippen MR) is 72.7 cm³/mol. The van der Waals surface area contributed by atoms with Crippen LogP contribution in [0.25, 0.3) is 0 Å². The van der Waals surface area contributed by atoms with Gasteiger partial charge in [-0.05, 0) is 42.9 Å². The average Bonchev–Trinajstić information content (AvgIpc) is 2.88. The molecule has 0 saturated carbocycles. The normalized spacial score (nSPS) is 24.5. The highest BCUT2D eigenvalue weighted by atomic mass is 19.4. The molecule has 0 unspecified atom stereocenters. The zero-order valence-electron chi connectivity index (χ0n) is 11.7. The van der Waals surface area contributed by atoms with Gasteiger partial charge in [0.1, 0.15) is 5.82 Å². The number of benzene rings is 1. The van der Waals surface area contributed by atoms with Crippen molar-refractivity contribution in [2.24, 2.45) is 11.8 Å². The third-order valence-corrected chi connectivity index (χ3v) is 4.38. The van der Waals surface area contributed by atoms with Crippen molar-refractivity contribution < 1.29 is 22.4 Å². The molecule has 1 aliphatic heterocycles. The molecule has 0 N–H and O–H groups in total. The van der Waals surface area contributed by atoms with E-state index < -0.39 is 23.5 Å². The summed E-state index contributed by atoms with van der Waals surface area (Å²) in [6.45, 7) is 1.04. The van der Waals surface area contributed by atoms with E-state index in [1.807, 2.05) is 0 Å². The lowest BCUT2D eigenvalue weighted by Crippen LogP contribution is -2.29. The van der Waals surface area contributed by atoms with Crippen molar-refractivity contribution in [2.45, 2.75) is 19.0 Å². The van der Waals surface area contributed by atoms with Gasteiger partial charge in [-0.15, -0.1) is 0 Å². The fraction of sp³-hybridized carbons (Fsp3) is 0.438. The Labute approximate surface area is 125 Å². The number of carbonyl (C=O) groups excluding carboxylic acids is 1. The van der Waals surface area contributed by atoms with Crippen LogP contribution in [0.5, 0.6) is 0 Å². The fourth-order valence-corrected chi connectivity index (χ4v) is 3.24. The number of hydrogen-bond donors (Lipinski definition) is 0. The van der Waals surface area contributed by atoms with Gasteiger partial charge in [-0.2, -0.15) is 13.2 Å². The second-order valence-corrected chi connectivity index (χ2v) is 5.90. The molecule has 2 aliphatic rings. The van der Waals surface area contributed by atoms with E-state index in [4.69, 9.17) is 0 Å². The van der Waals surface area contributed by atoms with E-state index in [1.165, 1.54) is 4.90 Å². The van der Waals surface area contributed by atoms with Gasteiger partial charge in [0.05, 0.1) is 5.56 Å². The summed E-state index contributed by atoms with van der Waals surface area (Å²) in [5.41, 5.74) is -1.37. The Kier molecular flexibility index (Phi) is 3.70. The van der Waals surface area contributed by atoms with Crippen molar-refractivity contribution in [1.29, 1.82) is 0 Å². The molecule has 0 bridgehead atoms. The van der Waals surface area contributed by atoms with Gasteiger partial charge in [-0.1, -0.05) is 12.2 Å². The van der Waals surface area contributed by atoms with E-state index in [-0.39, 0.29) is 5.56 Å². The number of nitrogens with zero attached hydrogens (tertiary/aromatic N) is 1. The minimum absolute atomic E-state index is 0.237. The molecular weight excluding hydrogens is 298 g/mol. The summed E-state index contributed by atoms with van der Waals surface area (Å²) in [4.78, 5) is 13.9. The first kappa shape index (κ1) is 15.1. The van der Waals surface area contributed by atoms with Gasteiger partial charge in [0.15, 0.2) is 0 Å². The smallest absolute Gasteiger partial charge is 0.338 e. The predicted octanol–water partition coefficient (Wildman–Crippen LogP) is 3.88. The number of likely N-dealkylation sites (tertiary alicyclic amines) is 1. The number of carbonyl (C=O) groups is 1. The van der Waals surface area contributed by atoms with Crippen LogP contribution in [0.1, 0.15) is 28.8 Å². The Morgan fingerprint density at radius 3 is 2.18 bits per heavy atom. The Bertz CT molecular complexity index is 607. The van der Waals surface area contributed by atoms with Gasteiger partial charge in [0, 0.05) is 18.7 Å². The van der Waals surface area contributed by atoms with Crippen molar-refractivity contribution in [3.8, 4) is 0 Å². The van der Waals surface area contributed by atoms with E-state index in [0.717, 1.165) is 25.0 Å². The van der Waals surface area contributed by atoms with Gasteiger partial charge in [0.25, 0.3) is 5.91 Å². The van der Waals surface area contributed by atoms with Crippen LogP contribution >= 0.6 is 0 Å². The number of halogens is 4. The maximum Gasteiger partial charge on any atom is 0.416 e. The molecule has 1 aromatic carbocycles. The topological polar surface area (TPSA) is 20.3 Å². The molecule has 0 aromatic heterocycles. The molecule has 2 atom stereocenters. The summed E-state index contributed by atoms with van der Waals surface area (Å²) < 4.78 is 51.6. The second kappa shape index (κ2) is 5.41. The van der Waals surface area contributed by atoms with Crippen LogP contribution in [-0.4, -0.2) is 23.9 Å². The maximum absolute atomic E-state index is 13.4. The Balaban J connectivity index is 1.82. The summed E-state index contributed by atoms with van der Waals surface area (Å²) >= 11 is 0. The first-order valence-electron chi connectivity index (χ1n) is 7.16. The van der Waals surface area contributed by atoms with Crippen LogP contribution in [0, 0.1) is 17.7 Å². The van der Waals surface area contributed by atoms with Gasteiger partial charge < -0.3 is 4.90 Å². The second-order valence-electron chi connectivity index (χ2n) is 5.90. The zero-order valence-corrected chi connectivity index (χ0v) is 11.7. The van der Waals surface area contributed by atoms with Crippen molar-refractivity contribution in [1.82, 2.24) is 4.90 Å². The lowest BCUT2D eigenvalue weighted by molar-refractivity contribution is -0.137. The standard InChI is InChI=1S/C16H15F4NO/c17-14-6-12(5-13(7-14)16(18,19)20)15(22)21-8-10-3-1-2-4-11(10)9-21/h1-2,5-7,10-11H,3-4,8-9H2/t10-,11-/m1/s1. The van der Waals surface area contributed by atoms with Gasteiger partial charge >= 0.3 is 6.18 Å². The number of allylic oxidation sites excluding steroid dienone is 2. The molecule has 0 radical (unpaired) electrons. The van der Waals surface area contributed by atoms with Gasteiger partial charge in [0.2, 0.25) is 0 Å². The zero-order chi connectivity index (χ0) is 15.9. The molecule has 118 valence electrons. The van der Waals surface area contributed by atoms with E-state index in [9.17, 15) is 22.4 Å². The molecule has 2 nitrogen and oxygen atoms in total. The SMILES string of the molecule is O=C(c1cc(F)cc(C(F)(F)F)c1)N1C[C@H]2CC=CC[C@@H]2C1. The van der Waals surface area contributed by atoms with E-state index in [0.29, 0.717) is 31.0 Å². The van der Waals surface area contributed by atoms with Crippen molar-refractivity contribution in [2.75, 3.05) is 13.1 Å². The minimum Gasteiger partial charge on any atom is -0.338 e. The lowest BCUT2D eigenvalue weighted by atomic mass is 9.86. The molecule has 1 saturated heterocycles. The lowest BCUT2D eigenvalue weighted by Gasteiger charge is -2.17. The largest absolute Gasteiger partial charge is 0.416 e. The summed E-state index contributed by atoms with van der Waals surface area (Å²) in [6, 6.07) is 2.01. The highest BCUT2D eigenvalue weighted by Gasteiger charge is 2.37. The Hall–Kier alpha value is -1.85. The molecule has 1 aromatic rings. The highest BCUT2D eigenvalue weighted by Crippen LogP contribution is 2.34. The number of alkyl halides is 3. The third-order valence-electron chi connectivity index (χ3n) is 4.38. The Morgan fingerprint density at radius 2 is 1.64 bits per heavy atom. The van der Waals surface area contributed by atoms with E-state index in [1.54, 1.807) is 0 Å². The molecule has 1 heterocycles. The van der Waals surface area contributed by atoms with Crippen molar-refractivity contribution in [3.05, 3.63) is 47.3 Å². The van der Waals surface area contributed by atoms with Crippen LogP contribution in [0.15, 0.2) is 30.4 Å². The maximum atomic E-state index is 13.4. The quantitative estimate of drug-likeness (QED) is 0.569. The summed E-state index contributed by atoms with van der Waals surface area (Å²) in [7, 11) is 0. The molecule has 1 aliphatic carbocycles.